The maximum absolute atomic E-state index is 12.7. The molecule has 11 heteroatoms. The molecule has 0 spiro atoms. The van der Waals surface area contributed by atoms with Gasteiger partial charge in [-0.05, 0) is 49.9 Å². The van der Waals surface area contributed by atoms with Gasteiger partial charge in [-0.2, -0.15) is 13.2 Å². The molecule has 33 heavy (non-hydrogen) atoms. The van der Waals surface area contributed by atoms with Gasteiger partial charge in [0, 0.05) is 37.3 Å². The van der Waals surface area contributed by atoms with Crippen LogP contribution in [0, 0.1) is 5.92 Å². The van der Waals surface area contributed by atoms with E-state index in [1.165, 1.54) is 0 Å². The van der Waals surface area contributed by atoms with Gasteiger partial charge in [0.25, 0.3) is 5.91 Å². The van der Waals surface area contributed by atoms with Gasteiger partial charge in [0.1, 0.15) is 0 Å². The molecule has 8 nitrogen and oxygen atoms in total. The molecule has 2 rings (SSSR count). The molecule has 1 fully saturated rings. The van der Waals surface area contributed by atoms with Crippen LogP contribution in [0.3, 0.4) is 0 Å². The molecule has 1 aliphatic rings. The maximum atomic E-state index is 12.7. The number of rotatable bonds is 7. The monoisotopic (exact) mass is 473 g/mol. The standard InChI is InChI=1S/C20H29N3O3.C2HF3O2/c1-3-6-18(24)22-17-10-8-15(9-11-17)20(26)23-13-5-7-16(14-23)19(25)21-12-4-2;3-2(4,5)1(6)7/h8-11,16H,3-7,12-14H2,1-2H3,(H,21,25)(H,22,24);(H,6,7). The minimum absolute atomic E-state index is 0.0245. The largest absolute Gasteiger partial charge is 0.490 e. The number of carboxylic acid groups (broad SMARTS) is 1. The number of benzene rings is 1. The van der Waals surface area contributed by atoms with Gasteiger partial charge in [-0.25, -0.2) is 4.79 Å². The fourth-order valence-electron chi connectivity index (χ4n) is 3.10. The highest BCUT2D eigenvalue weighted by Gasteiger charge is 2.38. The number of halogens is 3. The number of hydrogen-bond acceptors (Lipinski definition) is 4. The fourth-order valence-corrected chi connectivity index (χ4v) is 3.10. The highest BCUT2D eigenvalue weighted by molar-refractivity contribution is 5.96. The Balaban J connectivity index is 0.000000675. The highest BCUT2D eigenvalue weighted by Crippen LogP contribution is 2.20. The van der Waals surface area contributed by atoms with Crippen molar-refractivity contribution in [2.75, 3.05) is 25.0 Å². The van der Waals surface area contributed by atoms with E-state index < -0.39 is 12.1 Å². The Morgan fingerprint density at radius 3 is 2.21 bits per heavy atom. The predicted molar refractivity (Wildman–Crippen MR) is 116 cm³/mol. The molecule has 0 saturated carbocycles. The van der Waals surface area contributed by atoms with Crippen LogP contribution in [0.25, 0.3) is 0 Å². The molecule has 1 heterocycles. The number of amides is 3. The Morgan fingerprint density at radius 1 is 1.09 bits per heavy atom. The number of nitrogens with one attached hydrogen (secondary N) is 2. The summed E-state index contributed by atoms with van der Waals surface area (Å²) in [6, 6.07) is 6.95. The zero-order valence-electron chi connectivity index (χ0n) is 18.7. The second-order valence-electron chi connectivity index (χ2n) is 7.56. The van der Waals surface area contributed by atoms with E-state index in [4.69, 9.17) is 9.90 Å². The summed E-state index contributed by atoms with van der Waals surface area (Å²) < 4.78 is 31.7. The molecular formula is C22H30F3N3O5. The van der Waals surface area contributed by atoms with E-state index in [2.05, 4.69) is 10.6 Å². The minimum atomic E-state index is -5.08. The maximum Gasteiger partial charge on any atom is 0.490 e. The molecule has 1 unspecified atom stereocenters. The summed E-state index contributed by atoms with van der Waals surface area (Å²) >= 11 is 0. The lowest BCUT2D eigenvalue weighted by molar-refractivity contribution is -0.192. The van der Waals surface area contributed by atoms with E-state index in [9.17, 15) is 27.6 Å². The lowest BCUT2D eigenvalue weighted by Crippen LogP contribution is -2.45. The third-order valence-corrected chi connectivity index (χ3v) is 4.76. The Hall–Kier alpha value is -3.11. The first-order chi connectivity index (χ1) is 15.5. The molecule has 1 saturated heterocycles. The van der Waals surface area contributed by atoms with Gasteiger partial charge in [-0.1, -0.05) is 13.8 Å². The van der Waals surface area contributed by atoms with Gasteiger partial charge in [0.15, 0.2) is 0 Å². The molecule has 0 aromatic heterocycles. The molecule has 0 radical (unpaired) electrons. The third-order valence-electron chi connectivity index (χ3n) is 4.76. The predicted octanol–water partition coefficient (Wildman–Crippen LogP) is 3.44. The van der Waals surface area contributed by atoms with Crippen LogP contribution >= 0.6 is 0 Å². The molecule has 1 atom stereocenters. The SMILES string of the molecule is CCCNC(=O)C1CCCN(C(=O)c2ccc(NC(=O)CCC)cc2)C1.O=C(O)C(F)(F)F. The van der Waals surface area contributed by atoms with Crippen LogP contribution in [0.4, 0.5) is 18.9 Å². The van der Waals surface area contributed by atoms with Gasteiger partial charge in [-0.3, -0.25) is 14.4 Å². The molecule has 0 aliphatic carbocycles. The number of carboxylic acids is 1. The van der Waals surface area contributed by atoms with Crippen LogP contribution in [-0.2, 0) is 14.4 Å². The lowest BCUT2D eigenvalue weighted by Gasteiger charge is -2.32. The summed E-state index contributed by atoms with van der Waals surface area (Å²) in [4.78, 5) is 47.2. The molecule has 184 valence electrons. The van der Waals surface area contributed by atoms with Crippen LogP contribution in [0.15, 0.2) is 24.3 Å². The number of aliphatic carboxylic acids is 1. The summed E-state index contributed by atoms with van der Waals surface area (Å²) in [6.45, 7) is 5.78. The fraction of sp³-hybridized carbons (Fsp3) is 0.545. The highest BCUT2D eigenvalue weighted by atomic mass is 19.4. The normalized spacial score (nSPS) is 15.7. The number of carbonyl (C=O) groups excluding carboxylic acids is 3. The lowest BCUT2D eigenvalue weighted by atomic mass is 9.96. The number of hydrogen-bond donors (Lipinski definition) is 3. The van der Waals surface area contributed by atoms with Crippen molar-refractivity contribution < 1.29 is 37.5 Å². The average Bonchev–Trinajstić information content (AvgIpc) is 2.77. The topological polar surface area (TPSA) is 116 Å². The molecule has 3 N–H and O–H groups in total. The number of nitrogens with zero attached hydrogens (tertiary/aromatic N) is 1. The summed E-state index contributed by atoms with van der Waals surface area (Å²) in [5.74, 6) is -2.94. The van der Waals surface area contributed by atoms with E-state index in [0.29, 0.717) is 37.3 Å². The Bertz CT molecular complexity index is 812. The van der Waals surface area contributed by atoms with Crippen LogP contribution < -0.4 is 10.6 Å². The van der Waals surface area contributed by atoms with E-state index >= 15 is 0 Å². The second kappa shape index (κ2) is 13.4. The van der Waals surface area contributed by atoms with Crippen molar-refractivity contribution in [2.45, 2.75) is 52.1 Å². The summed E-state index contributed by atoms with van der Waals surface area (Å²) in [6.07, 6.45) is -1.24. The number of piperidine rings is 1. The van der Waals surface area contributed by atoms with Crippen molar-refractivity contribution in [2.24, 2.45) is 5.92 Å². The van der Waals surface area contributed by atoms with E-state index in [-0.39, 0.29) is 23.6 Å². The quantitative estimate of drug-likeness (QED) is 0.561. The van der Waals surface area contributed by atoms with Gasteiger partial charge in [0.05, 0.1) is 5.92 Å². The van der Waals surface area contributed by atoms with Crippen LogP contribution in [0.2, 0.25) is 0 Å². The Kier molecular flexibility index (Phi) is 11.4. The third kappa shape index (κ3) is 9.92. The molecule has 3 amide bonds. The first-order valence-electron chi connectivity index (χ1n) is 10.8. The zero-order chi connectivity index (χ0) is 25.0. The molecule has 1 aromatic carbocycles. The Morgan fingerprint density at radius 2 is 1.70 bits per heavy atom. The summed E-state index contributed by atoms with van der Waals surface area (Å²) in [7, 11) is 0. The number of anilines is 1. The van der Waals surface area contributed by atoms with Gasteiger partial charge in [-0.15, -0.1) is 0 Å². The Labute approximate surface area is 190 Å². The van der Waals surface area contributed by atoms with Crippen molar-refractivity contribution in [1.29, 1.82) is 0 Å². The number of likely N-dealkylation sites (tertiary alicyclic amines) is 1. The zero-order valence-corrected chi connectivity index (χ0v) is 18.7. The van der Waals surface area contributed by atoms with Gasteiger partial charge < -0.3 is 20.6 Å². The molecule has 1 aromatic rings. The summed E-state index contributed by atoms with van der Waals surface area (Å²) in [5, 5.41) is 12.9. The van der Waals surface area contributed by atoms with E-state index in [1.807, 2.05) is 13.8 Å². The first-order valence-corrected chi connectivity index (χ1v) is 10.8. The number of alkyl halides is 3. The van der Waals surface area contributed by atoms with E-state index in [1.54, 1.807) is 29.2 Å². The molecule has 1 aliphatic heterocycles. The summed E-state index contributed by atoms with van der Waals surface area (Å²) in [5.41, 5.74) is 1.27. The van der Waals surface area contributed by atoms with Gasteiger partial charge >= 0.3 is 12.1 Å². The smallest absolute Gasteiger partial charge is 0.475 e. The van der Waals surface area contributed by atoms with Crippen LogP contribution in [-0.4, -0.2) is 59.5 Å². The van der Waals surface area contributed by atoms with Crippen molar-refractivity contribution in [3.05, 3.63) is 29.8 Å². The second-order valence-corrected chi connectivity index (χ2v) is 7.56. The first kappa shape index (κ1) is 27.9. The average molecular weight is 473 g/mol. The van der Waals surface area contributed by atoms with Crippen LogP contribution in [0.1, 0.15) is 56.3 Å². The number of carbonyl (C=O) groups is 4. The van der Waals surface area contributed by atoms with Crippen molar-refractivity contribution >= 4 is 29.4 Å². The van der Waals surface area contributed by atoms with Crippen molar-refractivity contribution in [1.82, 2.24) is 10.2 Å². The van der Waals surface area contributed by atoms with Gasteiger partial charge in [0.2, 0.25) is 11.8 Å². The van der Waals surface area contributed by atoms with Crippen molar-refractivity contribution in [3.63, 3.8) is 0 Å². The molecular weight excluding hydrogens is 443 g/mol. The van der Waals surface area contributed by atoms with Crippen molar-refractivity contribution in [3.8, 4) is 0 Å². The minimum Gasteiger partial charge on any atom is -0.475 e. The van der Waals surface area contributed by atoms with Crippen LogP contribution in [0.5, 0.6) is 0 Å². The van der Waals surface area contributed by atoms with E-state index in [0.717, 1.165) is 25.7 Å². The molecule has 0 bridgehead atoms.